The maximum absolute atomic E-state index is 14.6. The van der Waals surface area contributed by atoms with Gasteiger partial charge in [0.05, 0.1) is 16.1 Å². The van der Waals surface area contributed by atoms with E-state index in [0.717, 1.165) is 22.6 Å². The molecule has 0 bridgehead atoms. The highest BCUT2D eigenvalue weighted by molar-refractivity contribution is 14.1. The number of hydrogen-bond acceptors (Lipinski definition) is 0. The SMILES string of the molecule is CCC(I)[Si](C)(C)C(I)CC(F)(F)C(F)(F)C(F)(F)C(F)(F)C(F)(F)C(F)(F)/C=C/[Si](C)(C)/C=C/C(F)(F)C(F)(F)C(F)(F)C(F)(F)C(F)(F)C(C)(F)F. The largest absolute Gasteiger partial charge is 0.385 e. The molecule has 2 unspecified atom stereocenters. The second kappa shape index (κ2) is 15.4. The number of rotatable bonds is 19. The van der Waals surface area contributed by atoms with Crippen molar-refractivity contribution in [2.24, 2.45) is 0 Å². The molecule has 0 saturated heterocycles. The number of hydrogen-bond donors (Lipinski definition) is 0. The molecular weight excluding hydrogens is 1080 g/mol. The maximum Gasteiger partial charge on any atom is 0.385 e. The molecule has 0 saturated carbocycles. The van der Waals surface area contributed by atoms with Gasteiger partial charge in [-0.3, -0.25) is 0 Å². The molecule has 54 heavy (non-hydrogen) atoms. The summed E-state index contributed by atoms with van der Waals surface area (Å²) in [7, 11) is -7.99. The van der Waals surface area contributed by atoms with Gasteiger partial charge in [0.1, 0.15) is 0 Å². The van der Waals surface area contributed by atoms with E-state index in [9.17, 15) is 105 Å². The zero-order valence-electron chi connectivity index (χ0n) is 27.7. The van der Waals surface area contributed by atoms with Crippen LogP contribution in [0.1, 0.15) is 26.7 Å². The molecule has 28 heteroatoms. The molecule has 0 rings (SSSR count). The molecule has 0 amide bonds. The van der Waals surface area contributed by atoms with Crippen molar-refractivity contribution in [2.75, 3.05) is 0 Å². The monoisotopic (exact) mass is 1110 g/mol. The van der Waals surface area contributed by atoms with Gasteiger partial charge >= 0.3 is 71.1 Å². The minimum Gasteiger partial charge on any atom is -0.200 e. The van der Waals surface area contributed by atoms with E-state index in [1.54, 1.807) is 22.6 Å². The van der Waals surface area contributed by atoms with Crippen LogP contribution in [-0.2, 0) is 0 Å². The van der Waals surface area contributed by atoms with Gasteiger partial charge in [-0.25, -0.2) is 0 Å². The average Bonchev–Trinajstić information content (AvgIpc) is 2.97. The van der Waals surface area contributed by atoms with Gasteiger partial charge < -0.3 is 0 Å². The van der Waals surface area contributed by atoms with Crippen molar-refractivity contribution in [1.29, 1.82) is 0 Å². The van der Waals surface area contributed by atoms with Crippen molar-refractivity contribution in [3.63, 3.8) is 0 Å². The van der Waals surface area contributed by atoms with Crippen molar-refractivity contribution in [2.45, 2.75) is 131 Å². The predicted molar refractivity (Wildman–Crippen MR) is 169 cm³/mol. The summed E-state index contributed by atoms with van der Waals surface area (Å²) in [6.07, 6.45) is -5.26. The first-order valence-electron chi connectivity index (χ1n) is 14.2. The normalized spacial score (nSPS) is 17.9. The Labute approximate surface area is 320 Å². The summed E-state index contributed by atoms with van der Waals surface area (Å²) in [5, 5.41) is 0. The number of allylic oxidation sites excluding steroid dienone is 2. The van der Waals surface area contributed by atoms with Gasteiger partial charge in [-0.2, -0.15) is 105 Å². The molecule has 0 heterocycles. The first-order valence-corrected chi connectivity index (χ1v) is 23.0. The van der Waals surface area contributed by atoms with E-state index in [1.165, 1.54) is 20.0 Å². The van der Waals surface area contributed by atoms with Crippen LogP contribution in [0.2, 0.25) is 26.2 Å². The van der Waals surface area contributed by atoms with Crippen LogP contribution in [-0.4, -0.2) is 94.3 Å². The lowest BCUT2D eigenvalue weighted by molar-refractivity contribution is -0.420. The Morgan fingerprint density at radius 2 is 0.722 bits per heavy atom. The van der Waals surface area contributed by atoms with Gasteiger partial charge in [0.2, 0.25) is 0 Å². The topological polar surface area (TPSA) is 0 Å². The zero-order valence-corrected chi connectivity index (χ0v) is 34.0. The molecule has 0 radical (unpaired) electrons. The molecule has 2 atom stereocenters. The Morgan fingerprint density at radius 3 is 1.00 bits per heavy atom. The van der Waals surface area contributed by atoms with E-state index in [4.69, 9.17) is 0 Å². The molecule has 0 spiro atoms. The smallest absolute Gasteiger partial charge is 0.200 e. The highest BCUT2D eigenvalue weighted by Gasteiger charge is 2.91. The Balaban J connectivity index is 6.81. The molecule has 0 aromatic heterocycles. The summed E-state index contributed by atoms with van der Waals surface area (Å²) in [6, 6.07) is 0. The van der Waals surface area contributed by atoms with E-state index in [1.807, 2.05) is 0 Å². The fourth-order valence-corrected chi connectivity index (χ4v) is 12.8. The van der Waals surface area contributed by atoms with Gasteiger partial charge in [-0.05, 0) is 18.6 Å². The van der Waals surface area contributed by atoms with E-state index in [-0.39, 0.29) is 19.5 Å². The van der Waals surface area contributed by atoms with E-state index in [2.05, 4.69) is 0 Å². The minimum absolute atomic E-state index is 0.230. The molecule has 0 aromatic carbocycles. The first-order chi connectivity index (χ1) is 23.0. The van der Waals surface area contributed by atoms with E-state index >= 15 is 0 Å². The fraction of sp³-hybridized carbons (Fsp3) is 0.846. The Kier molecular flexibility index (Phi) is 15.3. The summed E-state index contributed by atoms with van der Waals surface area (Å²) >= 11 is 2.84. The van der Waals surface area contributed by atoms with Crippen LogP contribution in [0.5, 0.6) is 0 Å². The standard InChI is InChI=1S/C26H28F24I2Si2/c1-7-13(51)54(5,6)14(52)12-18(33,34)22(41,42)26(49,50)25(47,48)21(39,40)17(31,32)9-11-53(3,4)10-8-16(29,30)20(37,38)24(45,46)23(43,44)19(35,36)15(2,27)28/h8-11,13-14H,7,12H2,1-6H3/b10-8+,11-9+. The molecule has 0 fully saturated rings. The number of halogens is 26. The molecule has 0 aliphatic rings. The summed E-state index contributed by atoms with van der Waals surface area (Å²) in [5.41, 5.74) is -1.25. The van der Waals surface area contributed by atoms with E-state index < -0.39 is 131 Å². The zero-order chi connectivity index (χ0) is 44.4. The van der Waals surface area contributed by atoms with Crippen LogP contribution in [0.15, 0.2) is 23.6 Å². The summed E-state index contributed by atoms with van der Waals surface area (Å²) in [4.78, 5) is 0. The third kappa shape index (κ3) is 8.82. The van der Waals surface area contributed by atoms with Crippen LogP contribution in [0.3, 0.4) is 0 Å². The quantitative estimate of drug-likeness (QED) is 0.0523. The molecular formula is C26H28F24I2Si2. The fourth-order valence-electron chi connectivity index (χ4n) is 3.96. The third-order valence-electron chi connectivity index (χ3n) is 8.07. The summed E-state index contributed by atoms with van der Waals surface area (Å²) < 4.78 is 335. The van der Waals surface area contributed by atoms with Gasteiger partial charge in [-0.15, -0.1) is 0 Å². The maximum atomic E-state index is 14.6. The van der Waals surface area contributed by atoms with Crippen molar-refractivity contribution >= 4 is 61.3 Å². The van der Waals surface area contributed by atoms with Gasteiger partial charge in [0.25, 0.3) is 0 Å². The number of alkyl halides is 26. The van der Waals surface area contributed by atoms with Crippen LogP contribution in [0.4, 0.5) is 105 Å². The van der Waals surface area contributed by atoms with Crippen LogP contribution in [0, 0.1) is 0 Å². The lowest BCUT2D eigenvalue weighted by Crippen LogP contribution is -2.70. The Bertz CT molecular complexity index is 1370. The Hall–Kier alpha value is -0.306. The van der Waals surface area contributed by atoms with Gasteiger partial charge in [0, 0.05) is 20.4 Å². The third-order valence-corrected chi connectivity index (χ3v) is 24.9. The molecule has 0 aliphatic heterocycles. The highest BCUT2D eigenvalue weighted by Crippen LogP contribution is 2.62. The second-order valence-corrected chi connectivity index (χ2v) is 28.0. The molecule has 0 aliphatic carbocycles. The van der Waals surface area contributed by atoms with Crippen molar-refractivity contribution < 1.29 is 105 Å². The molecule has 0 aromatic rings. The highest BCUT2D eigenvalue weighted by atomic mass is 127. The molecule has 322 valence electrons. The second-order valence-electron chi connectivity index (χ2n) is 13.3. The Morgan fingerprint density at radius 1 is 0.444 bits per heavy atom. The van der Waals surface area contributed by atoms with E-state index in [0.29, 0.717) is 0 Å². The van der Waals surface area contributed by atoms with Crippen molar-refractivity contribution in [3.8, 4) is 0 Å². The summed E-state index contributed by atoms with van der Waals surface area (Å²) in [6.45, 7) is 3.50. The van der Waals surface area contributed by atoms with Crippen molar-refractivity contribution in [3.05, 3.63) is 23.6 Å². The summed E-state index contributed by atoms with van der Waals surface area (Å²) in [5.74, 6) is -88.8. The van der Waals surface area contributed by atoms with Crippen molar-refractivity contribution in [1.82, 2.24) is 0 Å². The predicted octanol–water partition coefficient (Wildman–Crippen LogP) is 13.7. The lowest BCUT2D eigenvalue weighted by Gasteiger charge is -2.42. The molecule has 0 nitrogen and oxygen atoms in total. The average molecular weight is 1110 g/mol. The first kappa shape index (κ1) is 53.7. The lowest BCUT2D eigenvalue weighted by atomic mass is 9.90. The molecule has 0 N–H and O–H groups in total. The van der Waals surface area contributed by atoms with Gasteiger partial charge in [-0.1, -0.05) is 89.7 Å². The van der Waals surface area contributed by atoms with Crippen LogP contribution in [0.25, 0.3) is 0 Å². The minimum atomic E-state index is -8.09. The van der Waals surface area contributed by atoms with Gasteiger partial charge in [0.15, 0.2) is 0 Å². The van der Waals surface area contributed by atoms with Crippen LogP contribution < -0.4 is 0 Å². The van der Waals surface area contributed by atoms with Crippen LogP contribution >= 0.6 is 45.2 Å².